The third kappa shape index (κ3) is 5.83. The molecule has 4 aliphatic rings. The molecule has 1 aromatic rings. The summed E-state index contributed by atoms with van der Waals surface area (Å²) in [5.74, 6) is -0.271. The Hall–Kier alpha value is -3.06. The van der Waals surface area contributed by atoms with E-state index >= 15 is 0 Å². The minimum absolute atomic E-state index is 0.142. The highest BCUT2D eigenvalue weighted by Crippen LogP contribution is 2.50. The van der Waals surface area contributed by atoms with Crippen LogP contribution in [0.25, 0.3) is 0 Å². The van der Waals surface area contributed by atoms with Crippen LogP contribution in [0.4, 0.5) is 29.3 Å². The molecule has 4 N–H and O–H groups in total. The van der Waals surface area contributed by atoms with Crippen molar-refractivity contribution < 1.29 is 32.3 Å². The highest BCUT2D eigenvalue weighted by Gasteiger charge is 2.58. The van der Waals surface area contributed by atoms with E-state index in [-0.39, 0.29) is 12.4 Å². The zero-order valence-corrected chi connectivity index (χ0v) is 24.9. The Balaban J connectivity index is 1.44. The van der Waals surface area contributed by atoms with Crippen molar-refractivity contribution in [2.45, 2.75) is 76.0 Å². The minimum Gasteiger partial charge on any atom is -0.394 e. The van der Waals surface area contributed by atoms with Crippen LogP contribution in [0.15, 0.2) is 29.5 Å². The van der Waals surface area contributed by atoms with Crippen LogP contribution in [0, 0.1) is 11.8 Å². The number of alkyl halides is 3. The Morgan fingerprint density at radius 1 is 1.17 bits per heavy atom. The van der Waals surface area contributed by atoms with E-state index in [1.54, 1.807) is 18.2 Å². The molecule has 1 aromatic carbocycles. The maximum absolute atomic E-state index is 13.9. The number of carbonyl (C=O) groups is 3. The molecule has 2 atom stereocenters. The smallest absolute Gasteiger partial charge is 0.394 e. The van der Waals surface area contributed by atoms with Crippen LogP contribution in [0.3, 0.4) is 0 Å². The number of anilines is 2. The lowest BCUT2D eigenvalue weighted by atomic mass is 9.91. The molecule has 2 aliphatic heterocycles. The van der Waals surface area contributed by atoms with Gasteiger partial charge in [-0.15, -0.1) is 0 Å². The van der Waals surface area contributed by atoms with Crippen molar-refractivity contribution in [1.29, 1.82) is 0 Å². The maximum atomic E-state index is 13.9. The van der Waals surface area contributed by atoms with Crippen molar-refractivity contribution in [3.05, 3.63) is 35.0 Å². The van der Waals surface area contributed by atoms with E-state index in [1.165, 1.54) is 11.8 Å². The number of allylic oxidation sites excluding steroid dienone is 1. The molecule has 0 radical (unpaired) electrons. The SMILES string of the molecule is C[C@@]1(N2C[C@@H](C(F)(F)F)NC2=O)C(=O)N(COCC[Si](C)(C)C)c2cc(NC(=O)C(N)=C(C3CC3)C3CC3)ccc21. The fourth-order valence-corrected chi connectivity index (χ4v) is 6.41. The van der Waals surface area contributed by atoms with Gasteiger partial charge in [0.2, 0.25) is 0 Å². The average molecular weight is 594 g/mol. The van der Waals surface area contributed by atoms with Crippen LogP contribution in [0.1, 0.15) is 38.2 Å². The van der Waals surface area contributed by atoms with Gasteiger partial charge in [0.25, 0.3) is 11.8 Å². The summed E-state index contributed by atoms with van der Waals surface area (Å²) in [5.41, 5.74) is 6.96. The van der Waals surface area contributed by atoms with Gasteiger partial charge in [-0.05, 0) is 68.2 Å². The van der Waals surface area contributed by atoms with Crippen molar-refractivity contribution in [1.82, 2.24) is 10.2 Å². The van der Waals surface area contributed by atoms with Crippen LogP contribution in [-0.4, -0.2) is 62.9 Å². The van der Waals surface area contributed by atoms with Gasteiger partial charge < -0.3 is 26.0 Å². The molecule has 9 nitrogen and oxygen atoms in total. The van der Waals surface area contributed by atoms with Crippen LogP contribution in [0.5, 0.6) is 0 Å². The molecular formula is C28H38F3N5O4Si. The second kappa shape index (κ2) is 10.3. The molecular weight excluding hydrogens is 555 g/mol. The fraction of sp³-hybridized carbons (Fsp3) is 0.607. The predicted molar refractivity (Wildman–Crippen MR) is 151 cm³/mol. The van der Waals surface area contributed by atoms with E-state index < -0.39 is 50.2 Å². The first-order valence-corrected chi connectivity index (χ1v) is 17.8. The standard InChI is InChI=1S/C28H38F3N5O4Si/c1-27(36-14-21(28(29,30)31)34-26(36)39)19-10-9-18(33-24(37)23(32)22(16-5-6-16)17-7-8-17)13-20(19)35(25(27)38)15-40-11-12-41(2,3)4/h9-10,13,16-17,21H,5-8,11-12,14-15,32H2,1-4H3,(H,33,37)(H,34,39)/t21-,27-/m0/s1. The molecule has 2 heterocycles. The monoisotopic (exact) mass is 593 g/mol. The highest BCUT2D eigenvalue weighted by molar-refractivity contribution is 6.76. The summed E-state index contributed by atoms with van der Waals surface area (Å²) in [6.07, 6.45) is -0.528. The zero-order valence-electron chi connectivity index (χ0n) is 23.9. The molecule has 0 aromatic heterocycles. The van der Waals surface area contributed by atoms with Gasteiger partial charge in [0, 0.05) is 25.9 Å². The number of benzene rings is 1. The predicted octanol–water partition coefficient (Wildman–Crippen LogP) is 4.49. The van der Waals surface area contributed by atoms with Crippen LogP contribution < -0.4 is 21.3 Å². The Kier molecular flexibility index (Phi) is 7.42. The van der Waals surface area contributed by atoms with Crippen molar-refractivity contribution in [2.24, 2.45) is 17.6 Å². The molecule has 1 saturated heterocycles. The summed E-state index contributed by atoms with van der Waals surface area (Å²) in [5, 5.41) is 4.79. The lowest BCUT2D eigenvalue weighted by Gasteiger charge is -2.33. The second-order valence-corrected chi connectivity index (χ2v) is 18.5. The van der Waals surface area contributed by atoms with Crippen molar-refractivity contribution in [3.8, 4) is 0 Å². The summed E-state index contributed by atoms with van der Waals surface area (Å²) >= 11 is 0. The summed E-state index contributed by atoms with van der Waals surface area (Å²) in [6.45, 7) is 7.59. The number of ether oxygens (including phenoxy) is 1. The molecule has 5 rings (SSSR count). The molecule has 2 saturated carbocycles. The normalized spacial score (nSPS) is 24.4. The Labute approximate surface area is 238 Å². The molecule has 0 bridgehead atoms. The molecule has 2 aliphatic carbocycles. The van der Waals surface area contributed by atoms with Gasteiger partial charge in [-0.2, -0.15) is 13.2 Å². The summed E-state index contributed by atoms with van der Waals surface area (Å²) in [4.78, 5) is 42.1. The summed E-state index contributed by atoms with van der Waals surface area (Å²) < 4.78 is 46.3. The second-order valence-electron chi connectivity index (χ2n) is 12.9. The van der Waals surface area contributed by atoms with E-state index in [0.29, 0.717) is 35.4 Å². The molecule has 3 fully saturated rings. The quantitative estimate of drug-likeness (QED) is 0.210. The van der Waals surface area contributed by atoms with Gasteiger partial charge in [0.1, 0.15) is 18.3 Å². The van der Waals surface area contributed by atoms with E-state index in [2.05, 4.69) is 25.0 Å². The van der Waals surface area contributed by atoms with Crippen molar-refractivity contribution >= 4 is 37.3 Å². The summed E-state index contributed by atoms with van der Waals surface area (Å²) in [7, 11) is -1.42. The van der Waals surface area contributed by atoms with Gasteiger partial charge in [0.05, 0.1) is 17.9 Å². The first-order chi connectivity index (χ1) is 19.1. The van der Waals surface area contributed by atoms with Gasteiger partial charge >= 0.3 is 12.2 Å². The molecule has 13 heteroatoms. The Morgan fingerprint density at radius 2 is 1.80 bits per heavy atom. The minimum atomic E-state index is -4.66. The average Bonchev–Trinajstić information content (AvgIpc) is 3.81. The van der Waals surface area contributed by atoms with Crippen molar-refractivity contribution in [2.75, 3.05) is 30.1 Å². The topological polar surface area (TPSA) is 117 Å². The number of nitrogens with two attached hydrogens (primary N) is 1. The number of nitrogens with one attached hydrogen (secondary N) is 2. The first kappa shape index (κ1) is 29.4. The first-order valence-electron chi connectivity index (χ1n) is 14.1. The molecule has 41 heavy (non-hydrogen) atoms. The molecule has 0 unspecified atom stereocenters. The molecule has 4 amide bonds. The number of fused-ring (bicyclic) bond motifs is 1. The number of rotatable bonds is 10. The lowest BCUT2D eigenvalue weighted by Crippen LogP contribution is -2.52. The van der Waals surface area contributed by atoms with Gasteiger partial charge in [-0.3, -0.25) is 14.5 Å². The third-order valence-corrected chi connectivity index (χ3v) is 10.1. The van der Waals surface area contributed by atoms with Gasteiger partial charge in [0.15, 0.2) is 0 Å². The number of hydrogen-bond donors (Lipinski definition) is 3. The van der Waals surface area contributed by atoms with Crippen LogP contribution in [0.2, 0.25) is 25.7 Å². The zero-order chi connectivity index (χ0) is 29.9. The number of carbonyl (C=O) groups excluding carboxylic acids is 3. The van der Waals surface area contributed by atoms with E-state index in [0.717, 1.165) is 42.2 Å². The largest absolute Gasteiger partial charge is 0.410 e. The maximum Gasteiger partial charge on any atom is 0.410 e. The van der Waals surface area contributed by atoms with Crippen LogP contribution >= 0.6 is 0 Å². The van der Waals surface area contributed by atoms with E-state index in [9.17, 15) is 27.6 Å². The Morgan fingerprint density at radius 3 is 2.34 bits per heavy atom. The number of urea groups is 1. The summed E-state index contributed by atoms with van der Waals surface area (Å²) in [6, 6.07) is 2.53. The molecule has 0 spiro atoms. The molecule has 224 valence electrons. The van der Waals surface area contributed by atoms with Gasteiger partial charge in [-0.25, -0.2) is 4.79 Å². The fourth-order valence-electron chi connectivity index (χ4n) is 5.66. The number of nitrogens with zero attached hydrogens (tertiary/aromatic N) is 2. The van der Waals surface area contributed by atoms with Crippen molar-refractivity contribution in [3.63, 3.8) is 0 Å². The lowest BCUT2D eigenvalue weighted by molar-refractivity contribution is -0.152. The third-order valence-electron chi connectivity index (χ3n) is 8.38. The highest BCUT2D eigenvalue weighted by atomic mass is 28.3. The van der Waals surface area contributed by atoms with E-state index in [1.807, 2.05) is 5.32 Å². The van der Waals surface area contributed by atoms with Gasteiger partial charge in [-0.1, -0.05) is 25.7 Å². The van der Waals surface area contributed by atoms with E-state index in [4.69, 9.17) is 10.5 Å². The number of amides is 4. The number of hydrogen-bond acceptors (Lipinski definition) is 5. The Bertz CT molecular complexity index is 1270. The number of halogens is 3. The van der Waals surface area contributed by atoms with Crippen LogP contribution in [-0.2, 0) is 19.9 Å².